The van der Waals surface area contributed by atoms with E-state index in [1.165, 1.54) is 4.90 Å². The van der Waals surface area contributed by atoms with Crippen molar-refractivity contribution in [3.05, 3.63) is 90.0 Å². The van der Waals surface area contributed by atoms with Gasteiger partial charge in [0, 0.05) is 0 Å². The molecule has 3 amide bonds. The zero-order valence-corrected chi connectivity index (χ0v) is 23.2. The molecule has 0 aliphatic carbocycles. The Labute approximate surface area is 233 Å². The van der Waals surface area contributed by atoms with Gasteiger partial charge in [-0.05, 0) is 63.9 Å². The van der Waals surface area contributed by atoms with Crippen LogP contribution in [-0.2, 0) is 21.6 Å². The number of carboxylic acid groups (broad SMARTS) is 1. The Morgan fingerprint density at radius 3 is 2.25 bits per heavy atom. The molecule has 0 radical (unpaired) electrons. The first kappa shape index (κ1) is 28.3. The highest BCUT2D eigenvalue weighted by Gasteiger charge is 2.45. The maximum Gasteiger partial charge on any atom is 0.433 e. The number of carbonyl (C=O) groups excluding carboxylic acids is 2. The van der Waals surface area contributed by atoms with Gasteiger partial charge in [-0.3, -0.25) is 4.90 Å². The molecule has 0 bridgehead atoms. The number of hydrazine groups is 1. The van der Waals surface area contributed by atoms with E-state index in [1.807, 2.05) is 62.4 Å². The Morgan fingerprint density at radius 2 is 1.65 bits per heavy atom. The summed E-state index contributed by atoms with van der Waals surface area (Å²) in [5.41, 5.74) is 3.52. The van der Waals surface area contributed by atoms with Crippen LogP contribution in [0, 0.1) is 0 Å². The first-order chi connectivity index (χ1) is 18.9. The number of carbonyl (C=O) groups is 3. The van der Waals surface area contributed by atoms with Gasteiger partial charge in [-0.25, -0.2) is 19.8 Å². The fourth-order valence-electron chi connectivity index (χ4n) is 4.58. The molecule has 3 N–H and O–H groups in total. The van der Waals surface area contributed by atoms with Crippen molar-refractivity contribution in [1.82, 2.24) is 5.43 Å². The van der Waals surface area contributed by atoms with E-state index in [0.29, 0.717) is 11.4 Å². The van der Waals surface area contributed by atoms with Gasteiger partial charge >= 0.3 is 18.3 Å². The van der Waals surface area contributed by atoms with Crippen molar-refractivity contribution in [2.24, 2.45) is 0 Å². The van der Waals surface area contributed by atoms with Crippen molar-refractivity contribution in [2.75, 3.05) is 15.2 Å². The summed E-state index contributed by atoms with van der Waals surface area (Å²) in [7, 11) is 0. The third kappa shape index (κ3) is 6.12. The minimum absolute atomic E-state index is 0.0551. The smallest absolute Gasteiger partial charge is 0.433 e. The van der Waals surface area contributed by atoms with Crippen LogP contribution in [0.1, 0.15) is 45.7 Å². The molecule has 1 aliphatic heterocycles. The highest BCUT2D eigenvalue weighted by atomic mass is 16.6. The van der Waals surface area contributed by atoms with Crippen molar-refractivity contribution >= 4 is 35.3 Å². The molecule has 40 heavy (non-hydrogen) atoms. The van der Waals surface area contributed by atoms with Gasteiger partial charge in [0.25, 0.3) is 0 Å². The molecule has 0 fully saturated rings. The molecule has 0 saturated carbocycles. The third-order valence-electron chi connectivity index (χ3n) is 6.68. The van der Waals surface area contributed by atoms with Gasteiger partial charge in [0.15, 0.2) is 0 Å². The molecule has 3 aromatic rings. The highest BCUT2D eigenvalue weighted by Crippen LogP contribution is 2.45. The van der Waals surface area contributed by atoms with E-state index < -0.39 is 35.5 Å². The van der Waals surface area contributed by atoms with Crippen molar-refractivity contribution in [1.29, 1.82) is 0 Å². The van der Waals surface area contributed by atoms with Gasteiger partial charge in [0.05, 0.1) is 28.6 Å². The summed E-state index contributed by atoms with van der Waals surface area (Å²) >= 11 is 0. The van der Waals surface area contributed by atoms with E-state index in [9.17, 15) is 19.5 Å². The fraction of sp³-hybridized carbons (Fsp3) is 0.300. The predicted octanol–water partition coefficient (Wildman–Crippen LogP) is 6.48. The minimum atomic E-state index is -1.46. The average molecular weight is 547 g/mol. The number of benzene rings is 3. The summed E-state index contributed by atoms with van der Waals surface area (Å²) < 4.78 is 11.2. The number of amides is 3. The highest BCUT2D eigenvalue weighted by molar-refractivity contribution is 5.98. The van der Waals surface area contributed by atoms with E-state index in [-0.39, 0.29) is 12.3 Å². The standard InChI is InChI=1S/C30H34N4O6/c1-20-30(5,22-14-10-7-11-15-22)31-24-17-16-23(18-25(24)33(20)27(37)40-29(2,3)4)34(32-26(35)36)28(38)39-19-21-12-8-6-9-13-21/h6-18,20,31-32H,19H2,1-5H3,(H,35,36). The number of hydrogen-bond acceptors (Lipinski definition) is 6. The molecule has 4 rings (SSSR count). The van der Waals surface area contributed by atoms with E-state index in [1.54, 1.807) is 51.1 Å². The molecule has 1 aliphatic rings. The second kappa shape index (κ2) is 11.2. The molecule has 10 heteroatoms. The Kier molecular flexibility index (Phi) is 7.90. The maximum absolute atomic E-state index is 13.6. The third-order valence-corrected chi connectivity index (χ3v) is 6.68. The normalized spacial score (nSPS) is 18.1. The maximum atomic E-state index is 13.6. The number of hydrogen-bond donors (Lipinski definition) is 3. The van der Waals surface area contributed by atoms with Gasteiger partial charge in [0.2, 0.25) is 0 Å². The number of ether oxygens (including phenoxy) is 2. The summed E-state index contributed by atoms with van der Waals surface area (Å²) in [4.78, 5) is 39.8. The minimum Gasteiger partial charge on any atom is -0.464 e. The summed E-state index contributed by atoms with van der Waals surface area (Å²) in [5.74, 6) is 0. The molecule has 2 unspecified atom stereocenters. The first-order valence-corrected chi connectivity index (χ1v) is 12.9. The lowest BCUT2D eigenvalue weighted by Gasteiger charge is -2.48. The lowest BCUT2D eigenvalue weighted by atomic mass is 9.82. The molecule has 10 nitrogen and oxygen atoms in total. The topological polar surface area (TPSA) is 120 Å². The van der Waals surface area contributed by atoms with Crippen molar-refractivity contribution in [3.63, 3.8) is 0 Å². The van der Waals surface area contributed by atoms with Crippen LogP contribution >= 0.6 is 0 Å². The van der Waals surface area contributed by atoms with Crippen molar-refractivity contribution < 1.29 is 29.0 Å². The fourth-order valence-corrected chi connectivity index (χ4v) is 4.58. The zero-order valence-electron chi connectivity index (χ0n) is 23.2. The summed E-state index contributed by atoms with van der Waals surface area (Å²) in [6.07, 6.45) is -2.96. The molecule has 2 atom stereocenters. The van der Waals surface area contributed by atoms with Crippen LogP contribution in [0.4, 0.5) is 31.4 Å². The van der Waals surface area contributed by atoms with Crippen LogP contribution in [0.2, 0.25) is 0 Å². The summed E-state index contributed by atoms with van der Waals surface area (Å²) in [5, 5.41) is 13.8. The average Bonchev–Trinajstić information content (AvgIpc) is 2.91. The molecule has 210 valence electrons. The van der Waals surface area contributed by atoms with Crippen LogP contribution in [0.15, 0.2) is 78.9 Å². The molecule has 0 saturated heterocycles. The Balaban J connectivity index is 1.74. The zero-order chi connectivity index (χ0) is 29.1. The number of fused-ring (bicyclic) bond motifs is 1. The second-order valence-corrected chi connectivity index (χ2v) is 10.7. The largest absolute Gasteiger partial charge is 0.464 e. The van der Waals surface area contributed by atoms with Gasteiger partial charge in [-0.1, -0.05) is 60.7 Å². The second-order valence-electron chi connectivity index (χ2n) is 10.7. The van der Waals surface area contributed by atoms with Crippen molar-refractivity contribution in [3.8, 4) is 0 Å². The lowest BCUT2D eigenvalue weighted by molar-refractivity contribution is 0.0553. The summed E-state index contributed by atoms with van der Waals surface area (Å²) in [6, 6.07) is 23.1. The molecule has 0 aromatic heterocycles. The van der Waals surface area contributed by atoms with Crippen molar-refractivity contribution in [2.45, 2.75) is 58.4 Å². The van der Waals surface area contributed by atoms with Gasteiger partial charge < -0.3 is 19.9 Å². The molecular formula is C30H34N4O6. The van der Waals surface area contributed by atoms with Crippen LogP contribution in [0.3, 0.4) is 0 Å². The lowest BCUT2D eigenvalue weighted by Crippen LogP contribution is -2.58. The SMILES string of the molecule is CC1N(C(=O)OC(C)(C)C)c2cc(N(NC(=O)O)C(=O)OCc3ccccc3)ccc2NC1(C)c1ccccc1. The Bertz CT molecular complexity index is 1380. The van der Waals surface area contributed by atoms with Crippen LogP contribution in [0.25, 0.3) is 0 Å². The van der Waals surface area contributed by atoms with Gasteiger partial charge in [-0.15, -0.1) is 0 Å². The van der Waals surface area contributed by atoms with Gasteiger partial charge in [-0.2, -0.15) is 5.01 Å². The molecule has 0 spiro atoms. The van der Waals surface area contributed by atoms with Crippen LogP contribution < -0.4 is 20.7 Å². The number of anilines is 3. The van der Waals surface area contributed by atoms with Crippen LogP contribution in [-0.4, -0.2) is 35.0 Å². The van der Waals surface area contributed by atoms with E-state index in [4.69, 9.17) is 9.47 Å². The van der Waals surface area contributed by atoms with Gasteiger partial charge in [0.1, 0.15) is 12.2 Å². The monoisotopic (exact) mass is 546 g/mol. The van der Waals surface area contributed by atoms with Crippen LogP contribution in [0.5, 0.6) is 0 Å². The van der Waals surface area contributed by atoms with E-state index in [0.717, 1.165) is 16.1 Å². The molecule has 1 heterocycles. The Morgan fingerprint density at radius 1 is 1.02 bits per heavy atom. The summed E-state index contributed by atoms with van der Waals surface area (Å²) in [6.45, 7) is 9.20. The predicted molar refractivity (Wildman–Crippen MR) is 152 cm³/mol. The first-order valence-electron chi connectivity index (χ1n) is 12.9. The number of nitrogens with one attached hydrogen (secondary N) is 2. The number of rotatable bonds is 4. The molecule has 3 aromatic carbocycles. The Hall–Kier alpha value is -4.73. The quantitative estimate of drug-likeness (QED) is 0.320. The van der Waals surface area contributed by atoms with E-state index in [2.05, 4.69) is 10.7 Å². The van der Waals surface area contributed by atoms with E-state index >= 15 is 0 Å². The molecular weight excluding hydrogens is 512 g/mol. The number of nitrogens with zero attached hydrogens (tertiary/aromatic N) is 2.